The number of sulfonamides is 1. The van der Waals surface area contributed by atoms with Crippen molar-refractivity contribution in [3.8, 4) is 0 Å². The third-order valence-corrected chi connectivity index (χ3v) is 4.84. The number of nitrogens with one attached hydrogen (secondary N) is 1. The van der Waals surface area contributed by atoms with Crippen LogP contribution >= 0.6 is 23.2 Å². The molecule has 0 saturated carbocycles. The van der Waals surface area contributed by atoms with Crippen LogP contribution in [0.25, 0.3) is 0 Å². The second-order valence-corrected chi connectivity index (χ2v) is 8.23. The summed E-state index contributed by atoms with van der Waals surface area (Å²) in [7, 11) is -3.53. The molecule has 0 saturated heterocycles. The van der Waals surface area contributed by atoms with Crippen LogP contribution < -0.4 is 9.62 Å². The highest BCUT2D eigenvalue weighted by Gasteiger charge is 2.12. The molecule has 27 heavy (non-hydrogen) atoms. The van der Waals surface area contributed by atoms with E-state index >= 15 is 0 Å². The molecule has 0 atom stereocenters. The zero-order valence-corrected chi connectivity index (χ0v) is 17.3. The average molecular weight is 433 g/mol. The van der Waals surface area contributed by atoms with Crippen molar-refractivity contribution in [2.45, 2.75) is 13.8 Å². The summed E-state index contributed by atoms with van der Waals surface area (Å²) in [5.74, 6) is -0.663. The minimum Gasteiger partial charge on any atom is -0.372 e. The molecule has 0 aliphatic carbocycles. The van der Waals surface area contributed by atoms with E-state index < -0.39 is 15.8 Å². The summed E-state index contributed by atoms with van der Waals surface area (Å²) in [6.07, 6.45) is 1.05. The second kappa shape index (κ2) is 8.86. The average Bonchev–Trinajstić information content (AvgIpc) is 2.58. The highest BCUT2D eigenvalue weighted by atomic mass is 35.5. The first kappa shape index (κ1) is 21.4. The summed E-state index contributed by atoms with van der Waals surface area (Å²) in [6.45, 7) is 5.53. The van der Waals surface area contributed by atoms with Gasteiger partial charge in [-0.1, -0.05) is 23.2 Å². The quantitative estimate of drug-likeness (QED) is 0.445. The van der Waals surface area contributed by atoms with Crippen LogP contribution in [0.1, 0.15) is 13.8 Å². The van der Waals surface area contributed by atoms with E-state index in [2.05, 4.69) is 19.9 Å². The molecule has 10 heteroatoms. The van der Waals surface area contributed by atoms with Crippen LogP contribution in [0.3, 0.4) is 0 Å². The Balaban J connectivity index is 2.47. The third-order valence-electron chi connectivity index (χ3n) is 3.66. The van der Waals surface area contributed by atoms with Crippen molar-refractivity contribution in [1.29, 1.82) is 0 Å². The topological polar surface area (TPSA) is 74.1 Å². The first-order valence-corrected chi connectivity index (χ1v) is 10.7. The van der Waals surface area contributed by atoms with Crippen LogP contribution in [-0.2, 0) is 10.0 Å². The van der Waals surface area contributed by atoms with Gasteiger partial charge in [-0.15, -0.1) is 10.2 Å². The minimum absolute atomic E-state index is 0.0398. The van der Waals surface area contributed by atoms with Crippen molar-refractivity contribution >= 4 is 56.0 Å². The van der Waals surface area contributed by atoms with Gasteiger partial charge < -0.3 is 4.90 Å². The van der Waals surface area contributed by atoms with Crippen molar-refractivity contribution in [3.05, 3.63) is 46.2 Å². The monoisotopic (exact) mass is 432 g/mol. The molecule has 0 aliphatic rings. The van der Waals surface area contributed by atoms with E-state index in [1.807, 2.05) is 19.9 Å². The Kier molecular flexibility index (Phi) is 7.02. The molecule has 0 heterocycles. The van der Waals surface area contributed by atoms with Crippen molar-refractivity contribution < 1.29 is 12.8 Å². The molecule has 0 spiro atoms. The maximum Gasteiger partial charge on any atom is 0.229 e. The van der Waals surface area contributed by atoms with E-state index in [0.29, 0.717) is 0 Å². The van der Waals surface area contributed by atoms with Gasteiger partial charge >= 0.3 is 0 Å². The summed E-state index contributed by atoms with van der Waals surface area (Å²) < 4.78 is 39.2. The van der Waals surface area contributed by atoms with E-state index in [1.165, 1.54) is 6.07 Å². The molecule has 0 aliphatic heterocycles. The predicted octanol–water partition coefficient (Wildman–Crippen LogP) is 5.77. The first-order valence-electron chi connectivity index (χ1n) is 8.07. The summed E-state index contributed by atoms with van der Waals surface area (Å²) >= 11 is 11.7. The summed E-state index contributed by atoms with van der Waals surface area (Å²) in [6, 6.07) is 7.42. The van der Waals surface area contributed by atoms with Gasteiger partial charge in [0, 0.05) is 18.8 Å². The Labute approximate surface area is 168 Å². The number of benzene rings is 2. The van der Waals surface area contributed by atoms with E-state index in [9.17, 15) is 12.8 Å². The molecule has 2 aromatic carbocycles. The highest BCUT2D eigenvalue weighted by Crippen LogP contribution is 2.35. The lowest BCUT2D eigenvalue weighted by atomic mass is 10.2. The van der Waals surface area contributed by atoms with Crippen LogP contribution in [0, 0.1) is 5.82 Å². The van der Waals surface area contributed by atoms with Crippen LogP contribution in [0.15, 0.2) is 40.6 Å². The lowest BCUT2D eigenvalue weighted by Crippen LogP contribution is -2.22. The van der Waals surface area contributed by atoms with E-state index in [4.69, 9.17) is 23.2 Å². The number of rotatable bonds is 7. The molecule has 0 aromatic heterocycles. The fourth-order valence-corrected chi connectivity index (χ4v) is 3.28. The number of hydrogen-bond donors (Lipinski definition) is 1. The lowest BCUT2D eigenvalue weighted by Gasteiger charge is -2.22. The highest BCUT2D eigenvalue weighted by molar-refractivity contribution is 7.92. The molecule has 0 unspecified atom stereocenters. The number of halogens is 3. The number of hydrogen-bond acceptors (Lipinski definition) is 5. The van der Waals surface area contributed by atoms with Gasteiger partial charge in [0.2, 0.25) is 10.0 Å². The van der Waals surface area contributed by atoms with Crippen LogP contribution in [0.2, 0.25) is 10.0 Å². The molecule has 146 valence electrons. The molecule has 6 nitrogen and oxygen atoms in total. The summed E-state index contributed by atoms with van der Waals surface area (Å²) in [5, 5.41) is 7.94. The van der Waals surface area contributed by atoms with Gasteiger partial charge in [-0.2, -0.15) is 0 Å². The Morgan fingerprint density at radius 2 is 1.67 bits per heavy atom. The second-order valence-electron chi connectivity index (χ2n) is 5.67. The van der Waals surface area contributed by atoms with Crippen molar-refractivity contribution in [3.63, 3.8) is 0 Å². The molecular weight excluding hydrogens is 414 g/mol. The largest absolute Gasteiger partial charge is 0.372 e. The maximum absolute atomic E-state index is 13.4. The van der Waals surface area contributed by atoms with Gasteiger partial charge in [0.25, 0.3) is 0 Å². The Bertz CT molecular complexity index is 964. The standard InChI is InChI=1S/C17H19Cl2FN4O2S/c1-4-24(5-2)11-6-7-15(17(8-11)23-27(3,25)26)21-22-16-10-12(18)14(20)9-13(16)19/h6-10,23H,4-5H2,1-3H3. The maximum atomic E-state index is 13.4. The lowest BCUT2D eigenvalue weighted by molar-refractivity contribution is 0.607. The van der Waals surface area contributed by atoms with Crippen LogP contribution in [0.4, 0.5) is 27.1 Å². The molecule has 1 N–H and O–H groups in total. The van der Waals surface area contributed by atoms with Gasteiger partial charge in [0.15, 0.2) is 0 Å². The van der Waals surface area contributed by atoms with Crippen LogP contribution in [-0.4, -0.2) is 27.8 Å². The normalized spacial score (nSPS) is 11.8. The zero-order valence-electron chi connectivity index (χ0n) is 15.0. The molecule has 0 radical (unpaired) electrons. The molecule has 0 amide bonds. The van der Waals surface area contributed by atoms with Gasteiger partial charge in [-0.3, -0.25) is 4.72 Å². The number of nitrogens with zero attached hydrogens (tertiary/aromatic N) is 3. The zero-order chi connectivity index (χ0) is 20.2. The molecule has 0 fully saturated rings. The molecular formula is C17H19Cl2FN4O2S. The summed E-state index contributed by atoms with van der Waals surface area (Å²) in [4.78, 5) is 2.06. The fourth-order valence-electron chi connectivity index (χ4n) is 2.37. The van der Waals surface area contributed by atoms with Crippen molar-refractivity contribution in [1.82, 2.24) is 0 Å². The SMILES string of the molecule is CCN(CC)c1ccc(N=Nc2cc(Cl)c(F)cc2Cl)c(NS(C)(=O)=O)c1. The minimum atomic E-state index is -3.53. The summed E-state index contributed by atoms with van der Waals surface area (Å²) in [5.41, 5.74) is 1.57. The first-order chi connectivity index (χ1) is 12.6. The molecule has 2 rings (SSSR count). The van der Waals surface area contributed by atoms with Crippen molar-refractivity contribution in [2.24, 2.45) is 10.2 Å². The smallest absolute Gasteiger partial charge is 0.229 e. The van der Waals surface area contributed by atoms with E-state index in [-0.39, 0.29) is 27.1 Å². The Hall–Kier alpha value is -1.90. The number of azo groups is 1. The third kappa shape index (κ3) is 5.79. The Morgan fingerprint density at radius 1 is 1.04 bits per heavy atom. The van der Waals surface area contributed by atoms with Gasteiger partial charge in [0.05, 0.1) is 22.0 Å². The molecule has 2 aromatic rings. The van der Waals surface area contributed by atoms with Crippen molar-refractivity contribution in [2.75, 3.05) is 29.0 Å². The predicted molar refractivity (Wildman–Crippen MR) is 109 cm³/mol. The van der Waals surface area contributed by atoms with Gasteiger partial charge in [-0.25, -0.2) is 12.8 Å². The van der Waals surface area contributed by atoms with Crippen LogP contribution in [0.5, 0.6) is 0 Å². The van der Waals surface area contributed by atoms with E-state index in [1.54, 1.807) is 12.1 Å². The number of anilines is 2. The fraction of sp³-hybridized carbons (Fsp3) is 0.294. The molecule has 0 bridgehead atoms. The van der Waals surface area contributed by atoms with Gasteiger partial charge in [-0.05, 0) is 44.2 Å². The van der Waals surface area contributed by atoms with Gasteiger partial charge in [0.1, 0.15) is 17.2 Å². The van der Waals surface area contributed by atoms with E-state index in [0.717, 1.165) is 31.1 Å². The Morgan fingerprint density at radius 3 is 2.26 bits per heavy atom.